The van der Waals surface area contributed by atoms with Crippen LogP contribution in [0.5, 0.6) is 5.75 Å². The minimum absolute atomic E-state index is 0.00931. The van der Waals surface area contributed by atoms with Crippen LogP contribution in [-0.2, 0) is 0 Å². The molecule has 0 saturated heterocycles. The highest BCUT2D eigenvalue weighted by atomic mass is 35.5. The maximum atomic E-state index is 12.0. The molecule has 17 heavy (non-hydrogen) atoms. The molecule has 1 heterocycles. The monoisotopic (exact) mass is 266 g/mol. The first-order valence-corrected chi connectivity index (χ1v) is 6.48. The van der Waals surface area contributed by atoms with Crippen LogP contribution in [0.3, 0.4) is 0 Å². The van der Waals surface area contributed by atoms with Crippen LogP contribution in [0.15, 0.2) is 35.7 Å². The van der Waals surface area contributed by atoms with Crippen LogP contribution in [0.4, 0.5) is 0 Å². The van der Waals surface area contributed by atoms with Crippen molar-refractivity contribution in [1.29, 1.82) is 0 Å². The van der Waals surface area contributed by atoms with E-state index in [1.807, 2.05) is 18.4 Å². The molecule has 1 aromatic carbocycles. The molecule has 0 radical (unpaired) electrons. The molecule has 0 aliphatic heterocycles. The van der Waals surface area contributed by atoms with Crippen LogP contribution in [0.25, 0.3) is 0 Å². The molecule has 0 bridgehead atoms. The van der Waals surface area contributed by atoms with Gasteiger partial charge < -0.3 is 4.74 Å². The molecule has 0 spiro atoms. The Morgan fingerprint density at radius 3 is 2.82 bits per heavy atom. The van der Waals surface area contributed by atoms with Crippen molar-refractivity contribution in [3.8, 4) is 5.75 Å². The number of thiophene rings is 1. The van der Waals surface area contributed by atoms with E-state index in [9.17, 15) is 4.79 Å². The summed E-state index contributed by atoms with van der Waals surface area (Å²) >= 11 is 7.46. The van der Waals surface area contributed by atoms with Crippen LogP contribution in [-0.4, -0.2) is 12.4 Å². The molecule has 0 amide bonds. The van der Waals surface area contributed by atoms with Crippen molar-refractivity contribution in [3.05, 3.63) is 51.2 Å². The van der Waals surface area contributed by atoms with Gasteiger partial charge in [0.25, 0.3) is 0 Å². The number of rotatable bonds is 4. The molecular weight excluding hydrogens is 256 g/mol. The number of carbonyl (C=O) groups is 1. The van der Waals surface area contributed by atoms with E-state index < -0.39 is 0 Å². The summed E-state index contributed by atoms with van der Waals surface area (Å²) in [6, 6.07) is 8.77. The molecule has 1 aromatic heterocycles. The molecule has 0 aliphatic carbocycles. The topological polar surface area (TPSA) is 26.3 Å². The van der Waals surface area contributed by atoms with Gasteiger partial charge in [0.2, 0.25) is 5.78 Å². The van der Waals surface area contributed by atoms with Gasteiger partial charge in [-0.05, 0) is 36.6 Å². The Bertz CT molecular complexity index is 520. The molecule has 0 fully saturated rings. The molecule has 2 aromatic rings. The fraction of sp³-hybridized carbons (Fsp3) is 0.154. The van der Waals surface area contributed by atoms with E-state index in [1.54, 1.807) is 24.3 Å². The van der Waals surface area contributed by atoms with Crippen molar-refractivity contribution >= 4 is 28.7 Å². The highest BCUT2D eigenvalue weighted by molar-refractivity contribution is 7.12. The van der Waals surface area contributed by atoms with Crippen molar-refractivity contribution in [2.45, 2.75) is 6.92 Å². The fourth-order valence-corrected chi connectivity index (χ4v) is 2.39. The van der Waals surface area contributed by atoms with Crippen molar-refractivity contribution in [1.82, 2.24) is 0 Å². The summed E-state index contributed by atoms with van der Waals surface area (Å²) in [5.74, 6) is 0.599. The normalized spacial score (nSPS) is 10.2. The number of benzene rings is 1. The average Bonchev–Trinajstić information content (AvgIpc) is 2.84. The van der Waals surface area contributed by atoms with Crippen LogP contribution in [0.2, 0.25) is 5.02 Å². The largest absolute Gasteiger partial charge is 0.492 e. The lowest BCUT2D eigenvalue weighted by atomic mass is 10.1. The summed E-state index contributed by atoms with van der Waals surface area (Å²) < 4.78 is 5.32. The van der Waals surface area contributed by atoms with E-state index in [0.29, 0.717) is 27.8 Å². The maximum Gasteiger partial charge on any atom is 0.202 e. The number of hydrogen-bond acceptors (Lipinski definition) is 3. The minimum Gasteiger partial charge on any atom is -0.492 e. The van der Waals surface area contributed by atoms with E-state index >= 15 is 0 Å². The quantitative estimate of drug-likeness (QED) is 0.781. The lowest BCUT2D eigenvalue weighted by molar-refractivity contribution is 0.104. The first kappa shape index (κ1) is 12.1. The van der Waals surface area contributed by atoms with E-state index in [-0.39, 0.29) is 5.78 Å². The highest BCUT2D eigenvalue weighted by Gasteiger charge is 2.12. The van der Waals surface area contributed by atoms with Gasteiger partial charge in [-0.1, -0.05) is 17.7 Å². The molecule has 2 rings (SSSR count). The van der Waals surface area contributed by atoms with E-state index in [2.05, 4.69) is 0 Å². The Morgan fingerprint density at radius 1 is 1.41 bits per heavy atom. The summed E-state index contributed by atoms with van der Waals surface area (Å²) in [5.41, 5.74) is 0.584. The van der Waals surface area contributed by atoms with Gasteiger partial charge in [-0.2, -0.15) is 0 Å². The third kappa shape index (κ3) is 2.68. The predicted molar refractivity (Wildman–Crippen MR) is 70.4 cm³/mol. The Balaban J connectivity index is 2.29. The molecule has 0 atom stereocenters. The molecule has 88 valence electrons. The Hall–Kier alpha value is -1.32. The molecule has 4 heteroatoms. The molecule has 2 nitrogen and oxygen atoms in total. The van der Waals surface area contributed by atoms with Crippen molar-refractivity contribution < 1.29 is 9.53 Å². The van der Waals surface area contributed by atoms with E-state index in [0.717, 1.165) is 0 Å². The van der Waals surface area contributed by atoms with Crippen LogP contribution >= 0.6 is 22.9 Å². The zero-order valence-corrected chi connectivity index (χ0v) is 10.8. The van der Waals surface area contributed by atoms with Gasteiger partial charge >= 0.3 is 0 Å². The molecule has 0 unspecified atom stereocenters. The number of carbonyl (C=O) groups excluding carboxylic acids is 1. The number of ketones is 1. The first-order chi connectivity index (χ1) is 8.22. The van der Waals surface area contributed by atoms with E-state index in [4.69, 9.17) is 16.3 Å². The first-order valence-electron chi connectivity index (χ1n) is 5.23. The maximum absolute atomic E-state index is 12.0. The molecule has 0 N–H and O–H groups in total. The summed E-state index contributed by atoms with van der Waals surface area (Å²) in [5, 5.41) is 2.35. The molecule has 0 aliphatic rings. The van der Waals surface area contributed by atoms with Crippen molar-refractivity contribution in [2.24, 2.45) is 0 Å². The standard InChI is InChI=1S/C13H11ClO2S/c1-2-16-11-6-5-9(8-10(11)14)13(15)12-4-3-7-17-12/h3-8H,2H2,1H3. The molecule has 0 saturated carbocycles. The Kier molecular flexibility index (Phi) is 3.82. The Morgan fingerprint density at radius 2 is 2.24 bits per heavy atom. The second-order valence-corrected chi connectivity index (χ2v) is 4.74. The summed E-state index contributed by atoms with van der Waals surface area (Å²) in [6.07, 6.45) is 0. The van der Waals surface area contributed by atoms with Crippen molar-refractivity contribution in [3.63, 3.8) is 0 Å². The van der Waals surface area contributed by atoms with Crippen molar-refractivity contribution in [2.75, 3.05) is 6.61 Å². The second kappa shape index (κ2) is 5.34. The highest BCUT2D eigenvalue weighted by Crippen LogP contribution is 2.27. The predicted octanol–water partition coefficient (Wildman–Crippen LogP) is 4.03. The second-order valence-electron chi connectivity index (χ2n) is 3.38. The lowest BCUT2D eigenvalue weighted by Gasteiger charge is -2.06. The Labute approximate surface area is 109 Å². The number of hydrogen-bond donors (Lipinski definition) is 0. The van der Waals surface area contributed by atoms with Gasteiger partial charge in [-0.25, -0.2) is 0 Å². The van der Waals surface area contributed by atoms with Crippen LogP contribution in [0.1, 0.15) is 22.2 Å². The van der Waals surface area contributed by atoms with Crippen LogP contribution in [0, 0.1) is 0 Å². The van der Waals surface area contributed by atoms with Gasteiger partial charge in [0.05, 0.1) is 16.5 Å². The minimum atomic E-state index is -0.00931. The van der Waals surface area contributed by atoms with Gasteiger partial charge in [0.15, 0.2) is 0 Å². The fourth-order valence-electron chi connectivity index (χ4n) is 1.46. The summed E-state index contributed by atoms with van der Waals surface area (Å²) in [4.78, 5) is 12.8. The van der Waals surface area contributed by atoms with Gasteiger partial charge in [-0.3, -0.25) is 4.79 Å². The SMILES string of the molecule is CCOc1ccc(C(=O)c2cccs2)cc1Cl. The van der Waals surface area contributed by atoms with Crippen LogP contribution < -0.4 is 4.74 Å². The zero-order chi connectivity index (χ0) is 12.3. The third-order valence-corrected chi connectivity index (χ3v) is 3.40. The smallest absolute Gasteiger partial charge is 0.202 e. The van der Waals surface area contributed by atoms with Gasteiger partial charge in [-0.15, -0.1) is 11.3 Å². The lowest BCUT2D eigenvalue weighted by Crippen LogP contribution is -1.99. The summed E-state index contributed by atoms with van der Waals surface area (Å²) in [6.45, 7) is 2.44. The van der Waals surface area contributed by atoms with E-state index in [1.165, 1.54) is 11.3 Å². The van der Waals surface area contributed by atoms with Gasteiger partial charge in [0.1, 0.15) is 5.75 Å². The molecular formula is C13H11ClO2S. The average molecular weight is 267 g/mol. The number of ether oxygens (including phenoxy) is 1. The zero-order valence-electron chi connectivity index (χ0n) is 9.27. The number of halogens is 1. The third-order valence-electron chi connectivity index (χ3n) is 2.24. The van der Waals surface area contributed by atoms with Gasteiger partial charge in [0, 0.05) is 5.56 Å². The summed E-state index contributed by atoms with van der Waals surface area (Å²) in [7, 11) is 0.